The van der Waals surface area contributed by atoms with Crippen LogP contribution in [-0.2, 0) is 4.74 Å². The number of morpholine rings is 1. The molecular formula is C23H32N3OPS. The third-order valence-electron chi connectivity index (χ3n) is 5.32. The molecular weight excluding hydrogens is 397 g/mol. The van der Waals surface area contributed by atoms with Gasteiger partial charge >= 0.3 is 0 Å². The molecule has 156 valence electrons. The summed E-state index contributed by atoms with van der Waals surface area (Å²) >= 11 is 5.81. The van der Waals surface area contributed by atoms with E-state index >= 15 is 0 Å². The molecule has 4 nitrogen and oxygen atoms in total. The van der Waals surface area contributed by atoms with Gasteiger partial charge in [0.2, 0.25) is 0 Å². The zero-order chi connectivity index (χ0) is 20.9. The van der Waals surface area contributed by atoms with Gasteiger partial charge < -0.3 is 10.1 Å². The minimum absolute atomic E-state index is 0.0621. The Kier molecular flexibility index (Phi) is 7.28. The van der Waals surface area contributed by atoms with Gasteiger partial charge in [-0.1, -0.05) is 81.4 Å². The van der Waals surface area contributed by atoms with E-state index in [-0.39, 0.29) is 11.2 Å². The first-order valence-corrected chi connectivity index (χ1v) is 12.3. The van der Waals surface area contributed by atoms with E-state index in [0.717, 1.165) is 26.3 Å². The minimum Gasteiger partial charge on any atom is -0.379 e. The Balaban J connectivity index is 2.05. The van der Waals surface area contributed by atoms with Crippen LogP contribution in [0.2, 0.25) is 0 Å². The number of hydrogen-bond acceptors (Lipinski definition) is 2. The van der Waals surface area contributed by atoms with Gasteiger partial charge in [0.25, 0.3) is 0 Å². The summed E-state index contributed by atoms with van der Waals surface area (Å²) < 4.78 is 13.5. The molecule has 0 aliphatic carbocycles. The summed E-state index contributed by atoms with van der Waals surface area (Å²) in [5.41, 5.74) is 1.20. The third kappa shape index (κ3) is 4.97. The number of ether oxygens (including phenoxy) is 1. The van der Waals surface area contributed by atoms with Crippen molar-refractivity contribution >= 4 is 29.8 Å². The van der Waals surface area contributed by atoms with Gasteiger partial charge in [0.05, 0.1) is 26.5 Å². The quantitative estimate of drug-likeness (QED) is 0.536. The fraction of sp³-hybridized carbons (Fsp3) is 0.435. The molecule has 2 aromatic carbocycles. The van der Waals surface area contributed by atoms with E-state index in [2.05, 4.69) is 92.3 Å². The van der Waals surface area contributed by atoms with Crippen LogP contribution in [0.1, 0.15) is 39.3 Å². The fourth-order valence-electron chi connectivity index (χ4n) is 3.90. The Labute approximate surface area is 180 Å². The first kappa shape index (κ1) is 22.2. The lowest BCUT2D eigenvalue weighted by atomic mass is 10.1. The monoisotopic (exact) mass is 429 g/mol. The van der Waals surface area contributed by atoms with Crippen LogP contribution in [0.4, 0.5) is 0 Å². The number of rotatable bonds is 4. The maximum Gasteiger partial charge on any atom is 0.193 e. The highest BCUT2D eigenvalue weighted by atomic mass is 32.1. The van der Waals surface area contributed by atoms with Gasteiger partial charge in [-0.2, -0.15) is 0 Å². The summed E-state index contributed by atoms with van der Waals surface area (Å²) in [5.74, 6) is 0. The standard InChI is InChI=1S/C23H32N3OPS/c1-19(20-11-7-5-8-12-20)24-22(29)25-28(23(2,3)4,21-13-9-6-10-14-21)26-15-17-27-18-16-26/h5-14,19H,15-18H2,1-4H3,(H,24,29)/t19-,28?/m1/s1. The van der Waals surface area contributed by atoms with Crippen LogP contribution in [0.5, 0.6) is 0 Å². The Morgan fingerprint density at radius 2 is 1.59 bits per heavy atom. The molecule has 0 saturated carbocycles. The first-order valence-electron chi connectivity index (χ1n) is 10.2. The van der Waals surface area contributed by atoms with Gasteiger partial charge in [0, 0.05) is 23.6 Å². The summed E-state index contributed by atoms with van der Waals surface area (Å²) in [7, 11) is -2.14. The lowest BCUT2D eigenvalue weighted by Crippen LogP contribution is -2.43. The highest BCUT2D eigenvalue weighted by molar-refractivity contribution is 7.81. The van der Waals surface area contributed by atoms with Crippen molar-refractivity contribution in [1.29, 1.82) is 0 Å². The Morgan fingerprint density at radius 3 is 2.14 bits per heavy atom. The molecule has 0 radical (unpaired) electrons. The average Bonchev–Trinajstić information content (AvgIpc) is 2.73. The first-order chi connectivity index (χ1) is 13.8. The van der Waals surface area contributed by atoms with Gasteiger partial charge in [-0.15, -0.1) is 0 Å². The molecule has 1 saturated heterocycles. The van der Waals surface area contributed by atoms with E-state index < -0.39 is 7.21 Å². The van der Waals surface area contributed by atoms with Crippen molar-refractivity contribution in [3.8, 4) is 0 Å². The van der Waals surface area contributed by atoms with Crippen LogP contribution >= 0.6 is 19.4 Å². The minimum atomic E-state index is -2.14. The molecule has 1 heterocycles. The smallest absolute Gasteiger partial charge is 0.193 e. The summed E-state index contributed by atoms with van der Waals surface area (Å²) in [6.07, 6.45) is 0. The van der Waals surface area contributed by atoms with Gasteiger partial charge in [0.1, 0.15) is 0 Å². The van der Waals surface area contributed by atoms with Crippen molar-refractivity contribution in [2.75, 3.05) is 26.3 Å². The van der Waals surface area contributed by atoms with Crippen molar-refractivity contribution in [3.05, 3.63) is 66.2 Å². The maximum atomic E-state index is 5.81. The Hall–Kier alpha value is -1.52. The van der Waals surface area contributed by atoms with Gasteiger partial charge in [-0.3, -0.25) is 4.67 Å². The summed E-state index contributed by atoms with van der Waals surface area (Å²) in [6, 6.07) is 21.2. The van der Waals surface area contributed by atoms with E-state index in [1.807, 2.05) is 6.07 Å². The number of hydrogen-bond donors (Lipinski definition) is 1. The van der Waals surface area contributed by atoms with Crippen LogP contribution in [0.3, 0.4) is 0 Å². The van der Waals surface area contributed by atoms with E-state index in [1.54, 1.807) is 0 Å². The van der Waals surface area contributed by atoms with E-state index in [0.29, 0.717) is 5.11 Å². The normalized spacial score (nSPS) is 18.5. The van der Waals surface area contributed by atoms with Gasteiger partial charge in [-0.05, 0) is 24.7 Å². The van der Waals surface area contributed by atoms with Crippen molar-refractivity contribution in [1.82, 2.24) is 9.99 Å². The highest BCUT2D eigenvalue weighted by Gasteiger charge is 2.42. The maximum absolute atomic E-state index is 5.81. The molecule has 2 aromatic rings. The second-order valence-corrected chi connectivity index (χ2v) is 12.6. The summed E-state index contributed by atoms with van der Waals surface area (Å²) in [6.45, 7) is 12.2. The SMILES string of the molecule is C[C@@H](NC(=S)N=P(c1ccccc1)(N1CCOCC1)C(C)(C)C)c1ccccc1. The molecule has 1 aliphatic rings. The van der Waals surface area contributed by atoms with Crippen LogP contribution in [0.25, 0.3) is 0 Å². The number of thiocarbonyl (C=S) groups is 1. The van der Waals surface area contributed by atoms with E-state index in [1.165, 1.54) is 10.9 Å². The number of nitrogens with zero attached hydrogens (tertiary/aromatic N) is 2. The predicted octanol–water partition coefficient (Wildman–Crippen LogP) is 5.19. The molecule has 1 N–H and O–H groups in total. The zero-order valence-electron chi connectivity index (χ0n) is 17.8. The number of benzene rings is 2. The van der Waals surface area contributed by atoms with Crippen molar-refractivity contribution in [2.45, 2.75) is 38.9 Å². The molecule has 0 spiro atoms. The van der Waals surface area contributed by atoms with Crippen LogP contribution in [0.15, 0.2) is 65.4 Å². The number of nitrogens with one attached hydrogen (secondary N) is 1. The topological polar surface area (TPSA) is 36.9 Å². The van der Waals surface area contributed by atoms with Crippen molar-refractivity contribution < 1.29 is 4.74 Å². The third-order valence-corrected chi connectivity index (χ3v) is 10.3. The van der Waals surface area contributed by atoms with E-state index in [4.69, 9.17) is 21.7 Å². The van der Waals surface area contributed by atoms with Crippen LogP contribution in [-0.4, -0.2) is 41.2 Å². The van der Waals surface area contributed by atoms with Crippen LogP contribution < -0.4 is 10.6 Å². The van der Waals surface area contributed by atoms with Crippen LogP contribution in [0, 0.1) is 0 Å². The zero-order valence-corrected chi connectivity index (χ0v) is 19.5. The average molecular weight is 430 g/mol. The summed E-state index contributed by atoms with van der Waals surface area (Å²) in [4.78, 5) is 0. The van der Waals surface area contributed by atoms with Crippen molar-refractivity contribution in [2.24, 2.45) is 4.74 Å². The second kappa shape index (κ2) is 9.53. The molecule has 0 amide bonds. The second-order valence-electron chi connectivity index (χ2n) is 8.36. The molecule has 29 heavy (non-hydrogen) atoms. The highest BCUT2D eigenvalue weighted by Crippen LogP contribution is 2.62. The Bertz CT molecular complexity index is 859. The molecule has 0 bridgehead atoms. The molecule has 1 fully saturated rings. The largest absolute Gasteiger partial charge is 0.379 e. The van der Waals surface area contributed by atoms with Gasteiger partial charge in [-0.25, -0.2) is 4.74 Å². The molecule has 0 aromatic heterocycles. The molecule has 2 atom stereocenters. The lowest BCUT2D eigenvalue weighted by molar-refractivity contribution is 0.0738. The molecule has 3 rings (SSSR count). The van der Waals surface area contributed by atoms with Gasteiger partial charge in [0.15, 0.2) is 5.11 Å². The molecule has 1 unspecified atom stereocenters. The fourth-order valence-corrected chi connectivity index (χ4v) is 8.57. The molecule has 6 heteroatoms. The Morgan fingerprint density at radius 1 is 1.03 bits per heavy atom. The lowest BCUT2D eigenvalue weighted by Gasteiger charge is -2.46. The molecule has 1 aliphatic heterocycles. The van der Waals surface area contributed by atoms with E-state index in [9.17, 15) is 0 Å². The predicted molar refractivity (Wildman–Crippen MR) is 128 cm³/mol. The van der Waals surface area contributed by atoms with Crippen molar-refractivity contribution in [3.63, 3.8) is 0 Å². The summed E-state index contributed by atoms with van der Waals surface area (Å²) in [5, 5.41) is 5.26.